The number of thiophene rings is 1. The Labute approximate surface area is 164 Å². The molecule has 6 nitrogen and oxygen atoms in total. The summed E-state index contributed by atoms with van der Waals surface area (Å²) in [5.41, 5.74) is 0. The van der Waals surface area contributed by atoms with Gasteiger partial charge >= 0.3 is 0 Å². The Balaban J connectivity index is 1.33. The lowest BCUT2D eigenvalue weighted by atomic mass is 10.0. The van der Waals surface area contributed by atoms with E-state index in [1.54, 1.807) is 17.7 Å². The molecule has 0 aliphatic carbocycles. The number of carbonyl (C=O) groups excluding carboxylic acids is 1. The Morgan fingerprint density at radius 2 is 1.70 bits per heavy atom. The molecule has 27 heavy (non-hydrogen) atoms. The third-order valence-electron chi connectivity index (χ3n) is 5.44. The number of piperidine rings is 2. The number of aromatic nitrogens is 2. The van der Waals surface area contributed by atoms with Crippen molar-refractivity contribution in [3.63, 3.8) is 0 Å². The molecule has 4 heterocycles. The number of aryl methyl sites for hydroxylation is 1. The predicted molar refractivity (Wildman–Crippen MR) is 110 cm³/mol. The number of hydrogen-bond donors (Lipinski definition) is 1. The molecule has 2 saturated heterocycles. The van der Waals surface area contributed by atoms with Crippen LogP contribution >= 0.6 is 11.3 Å². The molecule has 0 spiro atoms. The van der Waals surface area contributed by atoms with Crippen LogP contribution in [0.15, 0.2) is 24.5 Å². The third kappa shape index (κ3) is 4.40. The van der Waals surface area contributed by atoms with Crippen LogP contribution in [-0.4, -0.2) is 48.1 Å². The van der Waals surface area contributed by atoms with Gasteiger partial charge in [0.1, 0.15) is 18.0 Å². The van der Waals surface area contributed by atoms with Gasteiger partial charge in [0.2, 0.25) is 0 Å². The molecule has 0 aromatic carbocycles. The number of nitrogens with zero attached hydrogens (tertiary/aromatic N) is 4. The van der Waals surface area contributed by atoms with Gasteiger partial charge in [-0.15, -0.1) is 11.3 Å². The SMILES string of the molecule is Cc1ccc(C(=O)NC2CCN(c3cc(N4CCCCC4)ncn3)CC2)s1. The molecule has 2 aliphatic heterocycles. The highest BCUT2D eigenvalue weighted by atomic mass is 32.1. The lowest BCUT2D eigenvalue weighted by Gasteiger charge is -2.34. The Morgan fingerprint density at radius 1 is 1.04 bits per heavy atom. The zero-order chi connectivity index (χ0) is 18.6. The fourth-order valence-electron chi connectivity index (χ4n) is 3.87. The van der Waals surface area contributed by atoms with Gasteiger partial charge in [0.05, 0.1) is 4.88 Å². The average molecular weight is 386 g/mol. The first-order chi connectivity index (χ1) is 13.2. The largest absolute Gasteiger partial charge is 0.356 e. The molecular weight excluding hydrogens is 358 g/mol. The van der Waals surface area contributed by atoms with E-state index in [4.69, 9.17) is 0 Å². The molecule has 0 radical (unpaired) electrons. The second kappa shape index (κ2) is 8.25. The molecule has 2 aromatic rings. The van der Waals surface area contributed by atoms with Gasteiger partial charge in [-0.2, -0.15) is 0 Å². The number of rotatable bonds is 4. The van der Waals surface area contributed by atoms with Gasteiger partial charge in [-0.3, -0.25) is 4.79 Å². The van der Waals surface area contributed by atoms with E-state index in [1.165, 1.54) is 24.1 Å². The summed E-state index contributed by atoms with van der Waals surface area (Å²) in [6, 6.07) is 6.27. The van der Waals surface area contributed by atoms with Crippen molar-refractivity contribution in [3.8, 4) is 0 Å². The molecule has 2 fully saturated rings. The van der Waals surface area contributed by atoms with Gasteiger partial charge in [-0.05, 0) is 51.2 Å². The van der Waals surface area contributed by atoms with Crippen molar-refractivity contribution < 1.29 is 4.79 Å². The Kier molecular flexibility index (Phi) is 5.57. The van der Waals surface area contributed by atoms with Crippen molar-refractivity contribution in [2.24, 2.45) is 0 Å². The van der Waals surface area contributed by atoms with E-state index >= 15 is 0 Å². The maximum Gasteiger partial charge on any atom is 0.261 e. The fourth-order valence-corrected chi connectivity index (χ4v) is 4.64. The smallest absolute Gasteiger partial charge is 0.261 e. The summed E-state index contributed by atoms with van der Waals surface area (Å²) in [4.78, 5) is 28.0. The first-order valence-corrected chi connectivity index (χ1v) is 10.7. The van der Waals surface area contributed by atoms with Crippen LogP contribution in [-0.2, 0) is 0 Å². The monoisotopic (exact) mass is 385 g/mol. The molecule has 0 atom stereocenters. The van der Waals surface area contributed by atoms with Crippen LogP contribution in [0.1, 0.15) is 46.7 Å². The molecule has 2 aliphatic rings. The van der Waals surface area contributed by atoms with E-state index in [2.05, 4.69) is 31.2 Å². The molecule has 144 valence electrons. The van der Waals surface area contributed by atoms with E-state index in [0.717, 1.165) is 55.5 Å². The van der Waals surface area contributed by atoms with Gasteiger partial charge < -0.3 is 15.1 Å². The standard InChI is InChI=1S/C20H27N5OS/c1-15-5-6-17(27-15)20(26)23-16-7-11-25(12-8-16)19-13-18(21-14-22-19)24-9-3-2-4-10-24/h5-6,13-14,16H,2-4,7-12H2,1H3,(H,23,26). The Bertz CT molecular complexity index is 778. The lowest BCUT2D eigenvalue weighted by molar-refractivity contribution is 0.0935. The summed E-state index contributed by atoms with van der Waals surface area (Å²) in [5, 5.41) is 3.19. The topological polar surface area (TPSA) is 61.4 Å². The summed E-state index contributed by atoms with van der Waals surface area (Å²) >= 11 is 1.55. The van der Waals surface area contributed by atoms with Gasteiger partial charge in [-0.25, -0.2) is 9.97 Å². The van der Waals surface area contributed by atoms with Crippen molar-refractivity contribution in [2.75, 3.05) is 36.0 Å². The molecule has 2 aromatic heterocycles. The van der Waals surface area contributed by atoms with Crippen molar-refractivity contribution >= 4 is 28.9 Å². The number of amides is 1. The highest BCUT2D eigenvalue weighted by Crippen LogP contribution is 2.24. The third-order valence-corrected chi connectivity index (χ3v) is 6.44. The summed E-state index contributed by atoms with van der Waals surface area (Å²) in [6.07, 6.45) is 7.38. The van der Waals surface area contributed by atoms with E-state index < -0.39 is 0 Å². The number of carbonyl (C=O) groups is 1. The number of nitrogens with one attached hydrogen (secondary N) is 1. The van der Waals surface area contributed by atoms with E-state index in [-0.39, 0.29) is 11.9 Å². The zero-order valence-corrected chi connectivity index (χ0v) is 16.7. The summed E-state index contributed by atoms with van der Waals surface area (Å²) < 4.78 is 0. The minimum absolute atomic E-state index is 0.0565. The van der Waals surface area contributed by atoms with E-state index in [9.17, 15) is 4.79 Å². The molecule has 1 N–H and O–H groups in total. The van der Waals surface area contributed by atoms with Crippen LogP contribution in [0, 0.1) is 6.92 Å². The van der Waals surface area contributed by atoms with Crippen LogP contribution in [0.3, 0.4) is 0 Å². The molecule has 1 amide bonds. The molecule has 4 rings (SSSR count). The maximum absolute atomic E-state index is 12.4. The first-order valence-electron chi connectivity index (χ1n) is 9.88. The summed E-state index contributed by atoms with van der Waals surface area (Å²) in [6.45, 7) is 6.02. The minimum Gasteiger partial charge on any atom is -0.356 e. The first kappa shape index (κ1) is 18.2. The summed E-state index contributed by atoms with van der Waals surface area (Å²) in [5.74, 6) is 2.10. The molecule has 0 saturated carbocycles. The Hall–Kier alpha value is -2.15. The van der Waals surface area contributed by atoms with Crippen LogP contribution < -0.4 is 15.1 Å². The normalized spacial score (nSPS) is 18.6. The Morgan fingerprint density at radius 3 is 2.33 bits per heavy atom. The van der Waals surface area contributed by atoms with Crippen molar-refractivity contribution in [2.45, 2.75) is 45.1 Å². The molecule has 0 unspecified atom stereocenters. The van der Waals surface area contributed by atoms with Gasteiger partial charge in [0, 0.05) is 43.2 Å². The zero-order valence-electron chi connectivity index (χ0n) is 15.9. The average Bonchev–Trinajstić information content (AvgIpc) is 3.16. The van der Waals surface area contributed by atoms with Crippen molar-refractivity contribution in [3.05, 3.63) is 34.3 Å². The molecular formula is C20H27N5OS. The van der Waals surface area contributed by atoms with Crippen LogP contribution in [0.4, 0.5) is 11.6 Å². The van der Waals surface area contributed by atoms with Gasteiger partial charge in [0.25, 0.3) is 5.91 Å². The number of hydrogen-bond acceptors (Lipinski definition) is 6. The molecule has 0 bridgehead atoms. The summed E-state index contributed by atoms with van der Waals surface area (Å²) in [7, 11) is 0. The maximum atomic E-state index is 12.4. The van der Waals surface area contributed by atoms with Crippen LogP contribution in [0.25, 0.3) is 0 Å². The van der Waals surface area contributed by atoms with Crippen LogP contribution in [0.5, 0.6) is 0 Å². The predicted octanol–water partition coefficient (Wildman–Crippen LogP) is 3.24. The highest BCUT2D eigenvalue weighted by Gasteiger charge is 2.23. The second-order valence-electron chi connectivity index (χ2n) is 7.43. The van der Waals surface area contributed by atoms with E-state index in [0.29, 0.717) is 0 Å². The second-order valence-corrected chi connectivity index (χ2v) is 8.72. The quantitative estimate of drug-likeness (QED) is 0.875. The number of anilines is 2. The lowest BCUT2D eigenvalue weighted by Crippen LogP contribution is -2.44. The fraction of sp³-hybridized carbons (Fsp3) is 0.550. The van der Waals surface area contributed by atoms with Gasteiger partial charge in [-0.1, -0.05) is 0 Å². The van der Waals surface area contributed by atoms with Crippen LogP contribution in [0.2, 0.25) is 0 Å². The molecule has 7 heteroatoms. The van der Waals surface area contributed by atoms with Crippen molar-refractivity contribution in [1.29, 1.82) is 0 Å². The highest BCUT2D eigenvalue weighted by molar-refractivity contribution is 7.13. The van der Waals surface area contributed by atoms with Gasteiger partial charge in [0.15, 0.2) is 0 Å². The van der Waals surface area contributed by atoms with E-state index in [1.807, 2.05) is 19.1 Å². The minimum atomic E-state index is 0.0565. The van der Waals surface area contributed by atoms with Crippen molar-refractivity contribution in [1.82, 2.24) is 15.3 Å².